The van der Waals surface area contributed by atoms with Crippen LogP contribution in [-0.4, -0.2) is 33.5 Å². The molecule has 28 heavy (non-hydrogen) atoms. The minimum absolute atomic E-state index is 0.130. The lowest BCUT2D eigenvalue weighted by Gasteiger charge is -2.12. The van der Waals surface area contributed by atoms with Crippen LogP contribution in [0.25, 0.3) is 0 Å². The van der Waals surface area contributed by atoms with Crippen LogP contribution >= 0.6 is 11.8 Å². The van der Waals surface area contributed by atoms with Gasteiger partial charge in [0, 0.05) is 18.2 Å². The molecular weight excluding hydrogens is 382 g/mol. The van der Waals surface area contributed by atoms with E-state index in [9.17, 15) is 14.4 Å². The molecule has 2 aromatic carbocycles. The summed E-state index contributed by atoms with van der Waals surface area (Å²) in [4.78, 5) is 33.7. The van der Waals surface area contributed by atoms with Crippen LogP contribution in [-0.2, 0) is 22.4 Å². The molecule has 1 heterocycles. The Morgan fingerprint density at radius 2 is 1.86 bits per heavy atom. The Labute approximate surface area is 165 Å². The van der Waals surface area contributed by atoms with Gasteiger partial charge in [0.25, 0.3) is 5.24 Å². The number of carbonyl (C=O) groups is 3. The zero-order valence-electron chi connectivity index (χ0n) is 14.8. The first kappa shape index (κ1) is 19.7. The zero-order valence-corrected chi connectivity index (χ0v) is 15.6. The van der Waals surface area contributed by atoms with Crippen molar-refractivity contribution in [3.63, 3.8) is 0 Å². The van der Waals surface area contributed by atoms with Gasteiger partial charge < -0.3 is 21.3 Å². The molecular formula is C19H19N3O5S. The Kier molecular flexibility index (Phi) is 5.86. The first-order valence-electron chi connectivity index (χ1n) is 8.47. The number of carboxylic acid groups (broad SMARTS) is 1. The zero-order chi connectivity index (χ0) is 20.3. The number of ether oxygens (including phenoxy) is 1. The van der Waals surface area contributed by atoms with Crippen molar-refractivity contribution >= 4 is 34.6 Å². The molecule has 2 aromatic rings. The minimum atomic E-state index is -1.09. The second-order valence-corrected chi connectivity index (χ2v) is 7.52. The van der Waals surface area contributed by atoms with E-state index in [4.69, 9.17) is 21.3 Å². The van der Waals surface area contributed by atoms with Crippen LogP contribution in [0.3, 0.4) is 0 Å². The van der Waals surface area contributed by atoms with Crippen molar-refractivity contribution in [1.29, 1.82) is 0 Å². The Bertz CT molecular complexity index is 916. The van der Waals surface area contributed by atoms with E-state index in [0.717, 1.165) is 17.3 Å². The summed E-state index contributed by atoms with van der Waals surface area (Å²) in [6.07, 6.45) is 0.583. The normalized spacial score (nSPS) is 17.2. The highest BCUT2D eigenvalue weighted by atomic mass is 32.2. The molecule has 1 aliphatic heterocycles. The van der Waals surface area contributed by atoms with Crippen molar-refractivity contribution < 1.29 is 24.2 Å². The monoisotopic (exact) mass is 401 g/mol. The lowest BCUT2D eigenvalue weighted by Crippen LogP contribution is -2.32. The number of aliphatic carboxylic acids is 1. The van der Waals surface area contributed by atoms with Gasteiger partial charge in [-0.05, 0) is 35.7 Å². The molecule has 0 aromatic heterocycles. The average molecular weight is 401 g/mol. The van der Waals surface area contributed by atoms with E-state index < -0.39 is 17.3 Å². The van der Waals surface area contributed by atoms with Gasteiger partial charge in [-0.3, -0.25) is 19.7 Å². The van der Waals surface area contributed by atoms with Gasteiger partial charge in [0.1, 0.15) is 17.5 Å². The van der Waals surface area contributed by atoms with Crippen LogP contribution in [0.15, 0.2) is 42.5 Å². The van der Waals surface area contributed by atoms with E-state index in [1.807, 2.05) is 12.1 Å². The fraction of sp³-hybridized carbons (Fsp3) is 0.211. The van der Waals surface area contributed by atoms with E-state index in [-0.39, 0.29) is 17.6 Å². The van der Waals surface area contributed by atoms with Crippen LogP contribution in [0, 0.1) is 0 Å². The van der Waals surface area contributed by atoms with Gasteiger partial charge in [-0.25, -0.2) is 0 Å². The van der Waals surface area contributed by atoms with Crippen LogP contribution in [0.1, 0.15) is 11.1 Å². The third kappa shape index (κ3) is 4.81. The van der Waals surface area contributed by atoms with E-state index in [2.05, 4.69) is 5.32 Å². The maximum Gasteiger partial charge on any atom is 0.320 e. The molecule has 0 spiro atoms. The summed E-state index contributed by atoms with van der Waals surface area (Å²) >= 11 is 0.994. The molecule has 146 valence electrons. The van der Waals surface area contributed by atoms with Crippen LogP contribution in [0.2, 0.25) is 0 Å². The highest BCUT2D eigenvalue weighted by Gasteiger charge is 2.31. The van der Waals surface area contributed by atoms with Crippen molar-refractivity contribution in [1.82, 2.24) is 5.32 Å². The molecule has 2 unspecified atom stereocenters. The molecule has 9 heteroatoms. The number of nitrogens with two attached hydrogens (primary N) is 2. The van der Waals surface area contributed by atoms with E-state index in [1.165, 1.54) is 0 Å². The standard InChI is InChI=1S/C19H19N3O5S/c20-14-9-13(6-3-11(14)8-15(21)18(24)25)27-12-4-1-10(2-5-12)7-16-17(23)22-19(26)28-16/h1-6,9,15-16H,7-8,20-21H2,(H,24,25)(H,22,23,26). The van der Waals surface area contributed by atoms with Gasteiger partial charge in [-0.2, -0.15) is 0 Å². The number of thioether (sulfide) groups is 1. The number of anilines is 1. The molecule has 1 aliphatic rings. The smallest absolute Gasteiger partial charge is 0.320 e. The summed E-state index contributed by atoms with van der Waals surface area (Å²) < 4.78 is 5.76. The van der Waals surface area contributed by atoms with E-state index >= 15 is 0 Å². The number of benzene rings is 2. The fourth-order valence-corrected chi connectivity index (χ4v) is 3.58. The van der Waals surface area contributed by atoms with Crippen molar-refractivity contribution in [2.24, 2.45) is 5.73 Å². The summed E-state index contributed by atoms with van der Waals surface area (Å²) in [6, 6.07) is 11.2. The van der Waals surface area contributed by atoms with Crippen molar-refractivity contribution in [2.75, 3.05) is 5.73 Å². The summed E-state index contributed by atoms with van der Waals surface area (Å²) in [5, 5.41) is 10.4. The van der Waals surface area contributed by atoms with Crippen LogP contribution in [0.4, 0.5) is 10.5 Å². The van der Waals surface area contributed by atoms with Gasteiger partial charge in [0.05, 0.1) is 5.25 Å². The van der Waals surface area contributed by atoms with Gasteiger partial charge >= 0.3 is 5.97 Å². The first-order valence-corrected chi connectivity index (χ1v) is 9.35. The number of rotatable bonds is 7. The third-order valence-corrected chi connectivity index (χ3v) is 5.20. The molecule has 1 saturated heterocycles. The summed E-state index contributed by atoms with van der Waals surface area (Å²) in [6.45, 7) is 0. The molecule has 0 aliphatic carbocycles. The fourth-order valence-electron chi connectivity index (χ4n) is 2.72. The number of carbonyl (C=O) groups excluding carboxylic acids is 2. The molecule has 2 amide bonds. The van der Waals surface area contributed by atoms with Gasteiger partial charge in [-0.1, -0.05) is 30.0 Å². The summed E-state index contributed by atoms with van der Waals surface area (Å²) in [5.41, 5.74) is 13.5. The number of nitrogen functional groups attached to an aromatic ring is 1. The molecule has 0 bridgehead atoms. The number of carboxylic acids is 1. The number of imide groups is 1. The quantitative estimate of drug-likeness (QED) is 0.515. The first-order chi connectivity index (χ1) is 13.3. The van der Waals surface area contributed by atoms with E-state index in [1.54, 1.807) is 30.3 Å². The lowest BCUT2D eigenvalue weighted by molar-refractivity contribution is -0.138. The van der Waals surface area contributed by atoms with Crippen LogP contribution < -0.4 is 21.5 Å². The minimum Gasteiger partial charge on any atom is -0.480 e. The maximum absolute atomic E-state index is 11.6. The summed E-state index contributed by atoms with van der Waals surface area (Å²) in [5.74, 6) is -0.266. The molecule has 8 nitrogen and oxygen atoms in total. The third-order valence-electron chi connectivity index (χ3n) is 4.22. The van der Waals surface area contributed by atoms with Gasteiger partial charge in [0.15, 0.2) is 0 Å². The molecule has 1 fully saturated rings. The Balaban J connectivity index is 1.62. The topological polar surface area (TPSA) is 145 Å². The maximum atomic E-state index is 11.6. The Morgan fingerprint density at radius 1 is 1.18 bits per heavy atom. The number of nitrogens with one attached hydrogen (secondary N) is 1. The number of hydrogen-bond acceptors (Lipinski definition) is 7. The second kappa shape index (κ2) is 8.32. The highest BCUT2D eigenvalue weighted by molar-refractivity contribution is 8.15. The summed E-state index contributed by atoms with van der Waals surface area (Å²) in [7, 11) is 0. The predicted octanol–water partition coefficient (Wildman–Crippen LogP) is 1.91. The SMILES string of the molecule is Nc1cc(Oc2ccc(CC3SC(=O)NC3=O)cc2)ccc1CC(N)C(=O)O. The molecule has 0 radical (unpaired) electrons. The number of amides is 2. The largest absolute Gasteiger partial charge is 0.480 e. The van der Waals surface area contributed by atoms with Crippen molar-refractivity contribution in [3.05, 3.63) is 53.6 Å². The average Bonchev–Trinajstić information content (AvgIpc) is 2.96. The van der Waals surface area contributed by atoms with Gasteiger partial charge in [-0.15, -0.1) is 0 Å². The van der Waals surface area contributed by atoms with Crippen molar-refractivity contribution in [2.45, 2.75) is 24.1 Å². The van der Waals surface area contributed by atoms with Crippen LogP contribution in [0.5, 0.6) is 11.5 Å². The molecule has 2 atom stereocenters. The van der Waals surface area contributed by atoms with Gasteiger partial charge in [0.2, 0.25) is 5.91 Å². The Morgan fingerprint density at radius 3 is 2.43 bits per heavy atom. The number of hydrogen-bond donors (Lipinski definition) is 4. The highest BCUT2D eigenvalue weighted by Crippen LogP contribution is 2.28. The second-order valence-electron chi connectivity index (χ2n) is 6.34. The Hall–Kier alpha value is -3.04. The molecule has 0 saturated carbocycles. The molecule has 3 rings (SSSR count). The van der Waals surface area contributed by atoms with Crippen molar-refractivity contribution in [3.8, 4) is 11.5 Å². The lowest BCUT2D eigenvalue weighted by atomic mass is 10.0. The molecule has 6 N–H and O–H groups in total. The van der Waals surface area contributed by atoms with E-state index in [0.29, 0.717) is 29.2 Å². The predicted molar refractivity (Wildman–Crippen MR) is 105 cm³/mol.